The van der Waals surface area contributed by atoms with Gasteiger partial charge in [0.1, 0.15) is 0 Å². The summed E-state index contributed by atoms with van der Waals surface area (Å²) in [5, 5.41) is 18.1. The second-order valence-electron chi connectivity index (χ2n) is 4.49. The first kappa shape index (κ1) is 15.4. The molecule has 0 aliphatic heterocycles. The molecule has 0 saturated heterocycles. The standard InChI is InChI=1S/C12H19NO4/c1-4-5-17-10(14)7-12(8-13,11(15)16)6-9(2)3/h9H,4-7H2,1-3H3,(H,15,16). The minimum atomic E-state index is -1.67. The van der Waals surface area contributed by atoms with Crippen LogP contribution in [0.2, 0.25) is 0 Å². The predicted molar refractivity (Wildman–Crippen MR) is 61.0 cm³/mol. The van der Waals surface area contributed by atoms with Crippen LogP contribution in [0.5, 0.6) is 0 Å². The van der Waals surface area contributed by atoms with Gasteiger partial charge >= 0.3 is 11.9 Å². The summed E-state index contributed by atoms with van der Waals surface area (Å²) in [5.41, 5.74) is -1.67. The van der Waals surface area contributed by atoms with Crippen molar-refractivity contribution < 1.29 is 19.4 Å². The van der Waals surface area contributed by atoms with Crippen LogP contribution >= 0.6 is 0 Å². The van der Waals surface area contributed by atoms with Crippen molar-refractivity contribution >= 4 is 11.9 Å². The van der Waals surface area contributed by atoms with E-state index in [1.807, 2.05) is 20.8 Å². The van der Waals surface area contributed by atoms with Gasteiger partial charge in [-0.2, -0.15) is 5.26 Å². The van der Waals surface area contributed by atoms with Crippen molar-refractivity contribution in [2.24, 2.45) is 11.3 Å². The van der Waals surface area contributed by atoms with Gasteiger partial charge in [-0.3, -0.25) is 9.59 Å². The van der Waals surface area contributed by atoms with Gasteiger partial charge in [0.25, 0.3) is 0 Å². The molecule has 1 N–H and O–H groups in total. The number of rotatable bonds is 7. The topological polar surface area (TPSA) is 87.4 Å². The summed E-state index contributed by atoms with van der Waals surface area (Å²) in [7, 11) is 0. The second kappa shape index (κ2) is 6.89. The van der Waals surface area contributed by atoms with Crippen LogP contribution in [0.3, 0.4) is 0 Å². The molecule has 96 valence electrons. The summed E-state index contributed by atoms with van der Waals surface area (Å²) in [6.45, 7) is 5.72. The number of nitrogens with zero attached hydrogens (tertiary/aromatic N) is 1. The van der Waals surface area contributed by atoms with Crippen molar-refractivity contribution in [3.63, 3.8) is 0 Å². The predicted octanol–water partition coefficient (Wildman–Crippen LogP) is 1.97. The summed E-state index contributed by atoms with van der Waals surface area (Å²) in [5.74, 6) is -1.87. The minimum Gasteiger partial charge on any atom is -0.480 e. The molecule has 0 saturated carbocycles. The second-order valence-corrected chi connectivity index (χ2v) is 4.49. The average Bonchev–Trinajstić information content (AvgIpc) is 2.24. The highest BCUT2D eigenvalue weighted by molar-refractivity contribution is 5.84. The number of hydrogen-bond donors (Lipinski definition) is 1. The molecule has 0 fully saturated rings. The lowest BCUT2D eigenvalue weighted by molar-refractivity contribution is -0.155. The quantitative estimate of drug-likeness (QED) is 0.688. The van der Waals surface area contributed by atoms with E-state index in [2.05, 4.69) is 0 Å². The zero-order valence-corrected chi connectivity index (χ0v) is 10.5. The number of carboxylic acid groups (broad SMARTS) is 1. The monoisotopic (exact) mass is 241 g/mol. The molecule has 0 bridgehead atoms. The number of esters is 1. The molecule has 17 heavy (non-hydrogen) atoms. The lowest BCUT2D eigenvalue weighted by Gasteiger charge is -2.22. The smallest absolute Gasteiger partial charge is 0.324 e. The molecule has 0 aromatic carbocycles. The Hall–Kier alpha value is -1.57. The van der Waals surface area contributed by atoms with E-state index in [1.54, 1.807) is 6.07 Å². The molecule has 0 aliphatic rings. The van der Waals surface area contributed by atoms with Gasteiger partial charge in [0.2, 0.25) is 0 Å². The van der Waals surface area contributed by atoms with E-state index in [0.717, 1.165) is 0 Å². The Morgan fingerprint density at radius 1 is 1.47 bits per heavy atom. The van der Waals surface area contributed by atoms with E-state index >= 15 is 0 Å². The molecule has 0 aromatic rings. The largest absolute Gasteiger partial charge is 0.480 e. The number of ether oxygens (including phenoxy) is 1. The molecule has 0 aromatic heterocycles. The fourth-order valence-corrected chi connectivity index (χ4v) is 1.58. The van der Waals surface area contributed by atoms with Crippen LogP contribution in [-0.2, 0) is 14.3 Å². The molecule has 1 unspecified atom stereocenters. The maximum Gasteiger partial charge on any atom is 0.324 e. The SMILES string of the molecule is CCCOC(=O)CC(C#N)(CC(C)C)C(=O)O. The molecular formula is C12H19NO4. The first-order valence-electron chi connectivity index (χ1n) is 5.68. The van der Waals surface area contributed by atoms with Gasteiger partial charge in [0.15, 0.2) is 5.41 Å². The number of aliphatic carboxylic acids is 1. The lowest BCUT2D eigenvalue weighted by atomic mass is 9.78. The van der Waals surface area contributed by atoms with Crippen molar-refractivity contribution in [3.8, 4) is 6.07 Å². The first-order chi connectivity index (χ1) is 7.88. The van der Waals surface area contributed by atoms with E-state index in [4.69, 9.17) is 15.1 Å². The van der Waals surface area contributed by atoms with Crippen molar-refractivity contribution in [3.05, 3.63) is 0 Å². The molecule has 0 aliphatic carbocycles. The highest BCUT2D eigenvalue weighted by Gasteiger charge is 2.42. The third kappa shape index (κ3) is 4.85. The molecule has 5 heteroatoms. The number of carbonyl (C=O) groups is 2. The van der Waals surface area contributed by atoms with Gasteiger partial charge in [0, 0.05) is 0 Å². The normalized spacial score (nSPS) is 13.8. The van der Waals surface area contributed by atoms with Crippen LogP contribution in [0.25, 0.3) is 0 Å². The summed E-state index contributed by atoms with van der Waals surface area (Å²) in [4.78, 5) is 22.6. The van der Waals surface area contributed by atoms with Crippen LogP contribution in [0.4, 0.5) is 0 Å². The fraction of sp³-hybridized carbons (Fsp3) is 0.750. The maximum atomic E-state index is 11.4. The third-order valence-corrected chi connectivity index (χ3v) is 2.29. The van der Waals surface area contributed by atoms with E-state index in [0.29, 0.717) is 6.42 Å². The van der Waals surface area contributed by atoms with Crippen molar-refractivity contribution in [1.82, 2.24) is 0 Å². The summed E-state index contributed by atoms with van der Waals surface area (Å²) >= 11 is 0. The van der Waals surface area contributed by atoms with E-state index in [1.165, 1.54) is 0 Å². The summed E-state index contributed by atoms with van der Waals surface area (Å²) < 4.78 is 4.83. The first-order valence-corrected chi connectivity index (χ1v) is 5.68. The van der Waals surface area contributed by atoms with Gasteiger partial charge in [-0.25, -0.2) is 0 Å². The minimum absolute atomic E-state index is 0.0183. The van der Waals surface area contributed by atoms with Gasteiger partial charge in [-0.1, -0.05) is 20.8 Å². The van der Waals surface area contributed by atoms with Crippen molar-refractivity contribution in [2.75, 3.05) is 6.61 Å². The van der Waals surface area contributed by atoms with E-state index in [-0.39, 0.29) is 18.9 Å². The fourth-order valence-electron chi connectivity index (χ4n) is 1.58. The number of carbonyl (C=O) groups excluding carboxylic acids is 1. The zero-order chi connectivity index (χ0) is 13.5. The Morgan fingerprint density at radius 3 is 2.41 bits per heavy atom. The summed E-state index contributed by atoms with van der Waals surface area (Å²) in [6, 6.07) is 1.75. The van der Waals surface area contributed by atoms with Crippen LogP contribution in [-0.4, -0.2) is 23.7 Å². The molecule has 0 rings (SSSR count). The Kier molecular flexibility index (Phi) is 6.26. The summed E-state index contributed by atoms with van der Waals surface area (Å²) in [6.07, 6.45) is 0.416. The van der Waals surface area contributed by atoms with Crippen molar-refractivity contribution in [1.29, 1.82) is 5.26 Å². The molecule has 1 atom stereocenters. The van der Waals surface area contributed by atoms with Crippen LogP contribution in [0.15, 0.2) is 0 Å². The Balaban J connectivity index is 4.76. The van der Waals surface area contributed by atoms with Crippen LogP contribution in [0.1, 0.15) is 40.0 Å². The van der Waals surface area contributed by atoms with Crippen LogP contribution in [0, 0.1) is 22.7 Å². The van der Waals surface area contributed by atoms with Gasteiger partial charge in [-0.05, 0) is 18.8 Å². The maximum absolute atomic E-state index is 11.4. The zero-order valence-electron chi connectivity index (χ0n) is 10.5. The average molecular weight is 241 g/mol. The van der Waals surface area contributed by atoms with Gasteiger partial charge < -0.3 is 9.84 Å². The molecule has 5 nitrogen and oxygen atoms in total. The van der Waals surface area contributed by atoms with Gasteiger partial charge in [-0.15, -0.1) is 0 Å². The van der Waals surface area contributed by atoms with E-state index in [9.17, 15) is 9.59 Å². The van der Waals surface area contributed by atoms with E-state index < -0.39 is 23.8 Å². The molecule has 0 spiro atoms. The number of hydrogen-bond acceptors (Lipinski definition) is 4. The number of nitriles is 1. The Labute approximate surface area is 101 Å². The Morgan fingerprint density at radius 2 is 2.06 bits per heavy atom. The highest BCUT2D eigenvalue weighted by atomic mass is 16.5. The van der Waals surface area contributed by atoms with Gasteiger partial charge in [0.05, 0.1) is 19.1 Å². The molecule has 0 radical (unpaired) electrons. The molecule has 0 amide bonds. The highest BCUT2D eigenvalue weighted by Crippen LogP contribution is 2.30. The van der Waals surface area contributed by atoms with Crippen molar-refractivity contribution in [2.45, 2.75) is 40.0 Å². The third-order valence-electron chi connectivity index (χ3n) is 2.29. The molecular weight excluding hydrogens is 222 g/mol. The molecule has 0 heterocycles. The number of carboxylic acids is 1. The van der Waals surface area contributed by atoms with Crippen LogP contribution < -0.4 is 0 Å². The lowest BCUT2D eigenvalue weighted by Crippen LogP contribution is -2.34. The Bertz CT molecular complexity index is 319.